The normalized spacial score (nSPS) is 21.2. The molecule has 1 aromatic rings. The standard InChI is InChI=1S/C20H30N4O2S.HI/c1-16(27-17-7-4-3-5-8-17)15-22-20(21-2)24-12-10-23(11-13-24)19(25)18-9-6-14-26-18;/h3-5,7-8,16,18H,6,9-15H2,1-2H3,(H,21,22);1H. The maximum atomic E-state index is 12.5. The van der Waals surface area contributed by atoms with Crippen molar-refractivity contribution in [3.8, 4) is 0 Å². The van der Waals surface area contributed by atoms with Gasteiger partial charge >= 0.3 is 0 Å². The molecule has 0 aliphatic carbocycles. The number of hydrogen-bond donors (Lipinski definition) is 1. The molecule has 2 aliphatic heterocycles. The van der Waals surface area contributed by atoms with Crippen molar-refractivity contribution >= 4 is 47.6 Å². The molecule has 0 aromatic heterocycles. The first-order valence-corrected chi connectivity index (χ1v) is 10.6. The van der Waals surface area contributed by atoms with Crippen molar-refractivity contribution in [1.82, 2.24) is 15.1 Å². The lowest BCUT2D eigenvalue weighted by molar-refractivity contribution is -0.142. The lowest BCUT2D eigenvalue weighted by Crippen LogP contribution is -2.55. The Hall–Kier alpha value is -1.00. The monoisotopic (exact) mass is 518 g/mol. The van der Waals surface area contributed by atoms with Crippen molar-refractivity contribution in [2.24, 2.45) is 4.99 Å². The number of carbonyl (C=O) groups excluding carboxylic acids is 1. The topological polar surface area (TPSA) is 57.2 Å². The quantitative estimate of drug-likeness (QED) is 0.281. The number of piperazine rings is 1. The number of amides is 1. The zero-order chi connectivity index (χ0) is 19.1. The Morgan fingerprint density at radius 3 is 2.54 bits per heavy atom. The van der Waals surface area contributed by atoms with Gasteiger partial charge in [-0.25, -0.2) is 0 Å². The lowest BCUT2D eigenvalue weighted by atomic mass is 10.2. The molecule has 1 amide bonds. The predicted molar refractivity (Wildman–Crippen MR) is 126 cm³/mol. The number of carbonyl (C=O) groups is 1. The van der Waals surface area contributed by atoms with Crippen LogP contribution in [0.2, 0.25) is 0 Å². The summed E-state index contributed by atoms with van der Waals surface area (Å²) in [4.78, 5) is 22.4. The first-order valence-electron chi connectivity index (χ1n) is 9.75. The van der Waals surface area contributed by atoms with Gasteiger partial charge in [-0.1, -0.05) is 25.1 Å². The van der Waals surface area contributed by atoms with Gasteiger partial charge in [0.15, 0.2) is 5.96 Å². The Kier molecular flexibility index (Phi) is 9.87. The third-order valence-corrected chi connectivity index (χ3v) is 6.05. The van der Waals surface area contributed by atoms with Crippen LogP contribution in [0, 0.1) is 0 Å². The fraction of sp³-hybridized carbons (Fsp3) is 0.600. The van der Waals surface area contributed by atoms with E-state index in [-0.39, 0.29) is 36.0 Å². The van der Waals surface area contributed by atoms with Gasteiger partial charge in [-0.2, -0.15) is 0 Å². The van der Waals surface area contributed by atoms with Crippen LogP contribution < -0.4 is 5.32 Å². The minimum Gasteiger partial charge on any atom is -0.368 e. The minimum atomic E-state index is -0.218. The molecule has 1 N–H and O–H groups in total. The van der Waals surface area contributed by atoms with Gasteiger partial charge in [0.25, 0.3) is 5.91 Å². The van der Waals surface area contributed by atoms with Crippen LogP contribution in [0.4, 0.5) is 0 Å². The molecule has 1 aromatic carbocycles. The minimum absolute atomic E-state index is 0. The molecule has 2 saturated heterocycles. The van der Waals surface area contributed by atoms with E-state index in [0.29, 0.717) is 11.9 Å². The average molecular weight is 518 g/mol. The molecule has 28 heavy (non-hydrogen) atoms. The van der Waals surface area contributed by atoms with E-state index in [1.807, 2.05) is 29.8 Å². The van der Waals surface area contributed by atoms with E-state index in [4.69, 9.17) is 4.74 Å². The SMILES string of the molecule is CN=C(NCC(C)Sc1ccccc1)N1CCN(C(=O)C2CCCO2)CC1.I. The van der Waals surface area contributed by atoms with Crippen molar-refractivity contribution in [3.05, 3.63) is 30.3 Å². The second-order valence-electron chi connectivity index (χ2n) is 6.98. The highest BCUT2D eigenvalue weighted by Crippen LogP contribution is 2.22. The molecule has 2 aliphatic rings. The van der Waals surface area contributed by atoms with E-state index in [1.54, 1.807) is 0 Å². The summed E-state index contributed by atoms with van der Waals surface area (Å²) in [5.41, 5.74) is 0. The van der Waals surface area contributed by atoms with Crippen molar-refractivity contribution in [1.29, 1.82) is 0 Å². The molecule has 8 heteroatoms. The number of hydrogen-bond acceptors (Lipinski definition) is 4. The number of benzene rings is 1. The smallest absolute Gasteiger partial charge is 0.251 e. The van der Waals surface area contributed by atoms with Gasteiger partial charge in [-0.15, -0.1) is 35.7 Å². The molecule has 2 unspecified atom stereocenters. The first kappa shape index (κ1) is 23.3. The van der Waals surface area contributed by atoms with Crippen molar-refractivity contribution in [3.63, 3.8) is 0 Å². The van der Waals surface area contributed by atoms with Crippen molar-refractivity contribution in [2.75, 3.05) is 46.4 Å². The summed E-state index contributed by atoms with van der Waals surface area (Å²) in [5.74, 6) is 1.07. The highest BCUT2D eigenvalue weighted by atomic mass is 127. The van der Waals surface area contributed by atoms with E-state index < -0.39 is 0 Å². The highest BCUT2D eigenvalue weighted by Gasteiger charge is 2.30. The van der Waals surface area contributed by atoms with Gasteiger partial charge in [0.2, 0.25) is 0 Å². The van der Waals surface area contributed by atoms with E-state index in [2.05, 4.69) is 46.4 Å². The molecule has 2 atom stereocenters. The summed E-state index contributed by atoms with van der Waals surface area (Å²) < 4.78 is 5.53. The number of halogens is 1. The second kappa shape index (κ2) is 11.9. The van der Waals surface area contributed by atoms with Crippen LogP contribution in [0.5, 0.6) is 0 Å². The van der Waals surface area contributed by atoms with E-state index in [9.17, 15) is 4.79 Å². The van der Waals surface area contributed by atoms with Crippen LogP contribution in [0.3, 0.4) is 0 Å². The van der Waals surface area contributed by atoms with E-state index in [0.717, 1.165) is 51.5 Å². The van der Waals surface area contributed by atoms with Crippen LogP contribution in [-0.2, 0) is 9.53 Å². The zero-order valence-corrected chi connectivity index (χ0v) is 19.8. The van der Waals surface area contributed by atoms with Crippen LogP contribution in [0.1, 0.15) is 19.8 Å². The summed E-state index contributed by atoms with van der Waals surface area (Å²) in [6, 6.07) is 10.5. The van der Waals surface area contributed by atoms with Crippen LogP contribution in [0.25, 0.3) is 0 Å². The van der Waals surface area contributed by atoms with Gasteiger partial charge in [-0.05, 0) is 25.0 Å². The summed E-state index contributed by atoms with van der Waals surface area (Å²) >= 11 is 1.86. The number of nitrogens with zero attached hydrogens (tertiary/aromatic N) is 3. The Labute approximate surface area is 189 Å². The zero-order valence-electron chi connectivity index (χ0n) is 16.7. The van der Waals surface area contributed by atoms with Crippen molar-refractivity contribution < 1.29 is 9.53 Å². The third-order valence-electron chi connectivity index (χ3n) is 4.94. The highest BCUT2D eigenvalue weighted by molar-refractivity contribution is 14.0. The molecule has 0 saturated carbocycles. The maximum Gasteiger partial charge on any atom is 0.251 e. The number of aliphatic imine (C=N–C) groups is 1. The molecule has 6 nitrogen and oxygen atoms in total. The Bertz CT molecular complexity index is 632. The van der Waals surface area contributed by atoms with E-state index >= 15 is 0 Å². The molecule has 3 rings (SSSR count). The van der Waals surface area contributed by atoms with Gasteiger partial charge in [0, 0.05) is 56.5 Å². The predicted octanol–water partition coefficient (Wildman–Crippen LogP) is 2.68. The summed E-state index contributed by atoms with van der Waals surface area (Å²) in [6.07, 6.45) is 1.63. The van der Waals surface area contributed by atoms with Gasteiger partial charge < -0.3 is 19.9 Å². The molecular formula is C20H31IN4O2S. The molecule has 2 heterocycles. The van der Waals surface area contributed by atoms with Gasteiger partial charge in [0.05, 0.1) is 0 Å². The number of rotatable bonds is 5. The van der Waals surface area contributed by atoms with Gasteiger partial charge in [-0.3, -0.25) is 9.79 Å². The maximum absolute atomic E-state index is 12.5. The van der Waals surface area contributed by atoms with Crippen molar-refractivity contribution in [2.45, 2.75) is 36.0 Å². The number of thioether (sulfide) groups is 1. The molecule has 0 spiro atoms. The third kappa shape index (κ3) is 6.52. The Morgan fingerprint density at radius 1 is 1.25 bits per heavy atom. The molecule has 156 valence electrons. The van der Waals surface area contributed by atoms with Crippen LogP contribution >= 0.6 is 35.7 Å². The molecule has 2 fully saturated rings. The lowest BCUT2D eigenvalue weighted by Gasteiger charge is -2.37. The number of ether oxygens (including phenoxy) is 1. The second-order valence-corrected chi connectivity index (χ2v) is 8.50. The molecular weight excluding hydrogens is 487 g/mol. The summed E-state index contributed by atoms with van der Waals surface area (Å²) in [7, 11) is 1.82. The molecule has 0 bridgehead atoms. The fourth-order valence-electron chi connectivity index (χ4n) is 3.46. The Balaban J connectivity index is 0.00000280. The average Bonchev–Trinajstić information content (AvgIpc) is 3.24. The fourth-order valence-corrected chi connectivity index (χ4v) is 4.40. The molecule has 0 radical (unpaired) electrons. The number of guanidine groups is 1. The largest absolute Gasteiger partial charge is 0.368 e. The summed E-state index contributed by atoms with van der Waals surface area (Å²) in [6.45, 7) is 6.85. The van der Waals surface area contributed by atoms with E-state index in [1.165, 1.54) is 4.90 Å². The van der Waals surface area contributed by atoms with Crippen LogP contribution in [0.15, 0.2) is 40.2 Å². The van der Waals surface area contributed by atoms with Gasteiger partial charge in [0.1, 0.15) is 6.10 Å². The van der Waals surface area contributed by atoms with Crippen LogP contribution in [-0.4, -0.2) is 79.4 Å². The Morgan fingerprint density at radius 2 is 1.93 bits per heavy atom. The first-order chi connectivity index (χ1) is 13.2. The number of nitrogens with one attached hydrogen (secondary N) is 1. The summed E-state index contributed by atoms with van der Waals surface area (Å²) in [5, 5.41) is 3.92.